The molecule has 3 aromatic rings. The van der Waals surface area contributed by atoms with Crippen molar-refractivity contribution in [3.05, 3.63) is 41.3 Å². The molecule has 1 aliphatic heterocycles. The summed E-state index contributed by atoms with van der Waals surface area (Å²) in [5.41, 5.74) is 7.79. The number of fused-ring (bicyclic) bond motifs is 1. The van der Waals surface area contributed by atoms with Gasteiger partial charge in [-0.25, -0.2) is 15.0 Å². The van der Waals surface area contributed by atoms with Gasteiger partial charge in [0.2, 0.25) is 0 Å². The van der Waals surface area contributed by atoms with Gasteiger partial charge in [0.15, 0.2) is 5.65 Å². The summed E-state index contributed by atoms with van der Waals surface area (Å²) in [7, 11) is 0. The highest BCUT2D eigenvalue weighted by molar-refractivity contribution is 7.99. The molecule has 0 bridgehead atoms. The number of aryl methyl sites for hydroxylation is 1. The quantitative estimate of drug-likeness (QED) is 0.669. The van der Waals surface area contributed by atoms with E-state index in [1.807, 2.05) is 25.1 Å². The first-order chi connectivity index (χ1) is 13.5. The van der Waals surface area contributed by atoms with Gasteiger partial charge < -0.3 is 15.7 Å². The van der Waals surface area contributed by atoms with E-state index in [1.54, 1.807) is 12.4 Å². The number of nitrogens with zero attached hydrogens (tertiary/aromatic N) is 5. The van der Waals surface area contributed by atoms with E-state index in [9.17, 15) is 5.11 Å². The molecule has 0 amide bonds. The van der Waals surface area contributed by atoms with Crippen LogP contribution in [0.5, 0.6) is 0 Å². The molecule has 1 fully saturated rings. The lowest BCUT2D eigenvalue weighted by molar-refractivity contribution is 0.170. The number of piperidine rings is 1. The zero-order valence-electron chi connectivity index (χ0n) is 15.5. The number of aliphatic hydroxyl groups is 1. The second-order valence-corrected chi connectivity index (χ2v) is 8.48. The van der Waals surface area contributed by atoms with Crippen LogP contribution in [-0.2, 0) is 0 Å². The minimum Gasteiger partial charge on any atom is -0.394 e. The van der Waals surface area contributed by atoms with Crippen LogP contribution in [0.4, 0.5) is 5.82 Å². The Bertz CT molecular complexity index is 1010. The summed E-state index contributed by atoms with van der Waals surface area (Å²) < 4.78 is 0. The summed E-state index contributed by atoms with van der Waals surface area (Å²) in [6.45, 7) is 3.38. The third-order valence-corrected chi connectivity index (χ3v) is 6.59. The van der Waals surface area contributed by atoms with Crippen LogP contribution < -0.4 is 10.6 Å². The van der Waals surface area contributed by atoms with Gasteiger partial charge in [-0.05, 0) is 38.0 Å². The first-order valence-corrected chi connectivity index (χ1v) is 10.2. The highest BCUT2D eigenvalue weighted by Gasteiger charge is 2.30. The number of pyridine rings is 2. The zero-order chi connectivity index (χ0) is 19.7. The van der Waals surface area contributed by atoms with Crippen LogP contribution in [0.3, 0.4) is 0 Å². The van der Waals surface area contributed by atoms with Gasteiger partial charge >= 0.3 is 0 Å². The van der Waals surface area contributed by atoms with Crippen molar-refractivity contribution in [3.8, 4) is 0 Å². The summed E-state index contributed by atoms with van der Waals surface area (Å²) in [6, 6.07) is 5.72. The number of hydrogen-bond acceptors (Lipinski definition) is 8. The van der Waals surface area contributed by atoms with E-state index in [1.165, 1.54) is 11.8 Å². The standard InChI is InChI=1S/C19H21ClN6OS/c1-12-17(20)14(4-7-22-12)28-16-3-2-13-18(25-16)23-10-15(24-13)26-8-5-19(21,11-27)6-9-26/h2-4,7,10,27H,5-6,8-9,11,21H2,1H3. The average molecular weight is 417 g/mol. The van der Waals surface area contributed by atoms with Gasteiger partial charge in [0, 0.05) is 29.7 Å². The second-order valence-electron chi connectivity index (χ2n) is 7.04. The molecule has 3 aromatic heterocycles. The number of aliphatic hydroxyl groups excluding tert-OH is 1. The lowest BCUT2D eigenvalue weighted by atomic mass is 9.90. The van der Waals surface area contributed by atoms with E-state index in [2.05, 4.69) is 19.9 Å². The molecule has 7 nitrogen and oxygen atoms in total. The fraction of sp³-hybridized carbons (Fsp3) is 0.368. The van der Waals surface area contributed by atoms with E-state index >= 15 is 0 Å². The lowest BCUT2D eigenvalue weighted by Crippen LogP contribution is -2.53. The Morgan fingerprint density at radius 3 is 2.75 bits per heavy atom. The third-order valence-electron chi connectivity index (χ3n) is 5.01. The fourth-order valence-electron chi connectivity index (χ4n) is 3.14. The normalized spacial score (nSPS) is 16.5. The fourth-order valence-corrected chi connectivity index (χ4v) is 4.23. The third kappa shape index (κ3) is 3.91. The second kappa shape index (κ2) is 7.79. The number of anilines is 1. The summed E-state index contributed by atoms with van der Waals surface area (Å²) in [6.07, 6.45) is 4.93. The monoisotopic (exact) mass is 416 g/mol. The van der Waals surface area contributed by atoms with Gasteiger partial charge in [0.1, 0.15) is 16.4 Å². The van der Waals surface area contributed by atoms with E-state index in [4.69, 9.17) is 22.3 Å². The van der Waals surface area contributed by atoms with Crippen LogP contribution in [0.25, 0.3) is 11.2 Å². The smallest absolute Gasteiger partial charge is 0.179 e. The maximum atomic E-state index is 9.42. The van der Waals surface area contributed by atoms with Crippen molar-refractivity contribution in [3.63, 3.8) is 0 Å². The number of rotatable bonds is 4. The molecule has 0 atom stereocenters. The Morgan fingerprint density at radius 2 is 2.00 bits per heavy atom. The molecular weight excluding hydrogens is 396 g/mol. The van der Waals surface area contributed by atoms with Crippen molar-refractivity contribution in [2.75, 3.05) is 24.6 Å². The summed E-state index contributed by atoms with van der Waals surface area (Å²) in [5.74, 6) is 0.808. The van der Waals surface area contributed by atoms with Crippen LogP contribution in [0.15, 0.2) is 40.5 Å². The van der Waals surface area contributed by atoms with Crippen LogP contribution in [0.1, 0.15) is 18.5 Å². The summed E-state index contributed by atoms with van der Waals surface area (Å²) in [4.78, 5) is 21.1. The molecule has 0 aromatic carbocycles. The van der Waals surface area contributed by atoms with E-state index in [-0.39, 0.29) is 6.61 Å². The molecule has 0 spiro atoms. The van der Waals surface area contributed by atoms with E-state index in [0.29, 0.717) is 10.7 Å². The zero-order valence-corrected chi connectivity index (χ0v) is 17.0. The van der Waals surface area contributed by atoms with Crippen molar-refractivity contribution in [2.45, 2.75) is 35.2 Å². The molecular formula is C19H21ClN6OS. The minimum atomic E-state index is -0.485. The number of aromatic nitrogens is 4. The number of halogens is 1. The predicted octanol–water partition coefficient (Wildman–Crippen LogP) is 2.82. The molecule has 146 valence electrons. The molecule has 9 heteroatoms. The van der Waals surface area contributed by atoms with Crippen LogP contribution in [0, 0.1) is 6.92 Å². The van der Waals surface area contributed by atoms with Crippen molar-refractivity contribution in [1.82, 2.24) is 19.9 Å². The molecule has 4 heterocycles. The maximum absolute atomic E-state index is 9.42. The number of nitrogens with two attached hydrogens (primary N) is 1. The Kier molecular flexibility index (Phi) is 5.37. The molecule has 28 heavy (non-hydrogen) atoms. The van der Waals surface area contributed by atoms with Gasteiger partial charge in [0.05, 0.1) is 23.5 Å². The number of hydrogen-bond donors (Lipinski definition) is 2. The summed E-state index contributed by atoms with van der Waals surface area (Å²) >= 11 is 7.81. The Labute approximate surface area is 172 Å². The molecule has 1 saturated heterocycles. The van der Waals surface area contributed by atoms with Gasteiger partial charge in [-0.15, -0.1) is 0 Å². The molecule has 3 N–H and O–H groups in total. The van der Waals surface area contributed by atoms with Crippen LogP contribution in [-0.4, -0.2) is 50.3 Å². The van der Waals surface area contributed by atoms with E-state index in [0.717, 1.165) is 52.9 Å². The Morgan fingerprint density at radius 1 is 1.21 bits per heavy atom. The lowest BCUT2D eigenvalue weighted by Gasteiger charge is -2.38. The molecule has 0 unspecified atom stereocenters. The van der Waals surface area contributed by atoms with Gasteiger partial charge in [-0.1, -0.05) is 23.4 Å². The van der Waals surface area contributed by atoms with Gasteiger partial charge in [0.25, 0.3) is 0 Å². The Hall–Kier alpha value is -2.00. The molecule has 0 saturated carbocycles. The Balaban J connectivity index is 1.54. The highest BCUT2D eigenvalue weighted by atomic mass is 35.5. The van der Waals surface area contributed by atoms with Crippen LogP contribution in [0.2, 0.25) is 5.02 Å². The largest absolute Gasteiger partial charge is 0.394 e. The van der Waals surface area contributed by atoms with E-state index < -0.39 is 5.54 Å². The van der Waals surface area contributed by atoms with Crippen molar-refractivity contribution < 1.29 is 5.11 Å². The highest BCUT2D eigenvalue weighted by Crippen LogP contribution is 2.33. The van der Waals surface area contributed by atoms with Gasteiger partial charge in [-0.2, -0.15) is 0 Å². The topological polar surface area (TPSA) is 101 Å². The predicted molar refractivity (Wildman–Crippen MR) is 111 cm³/mol. The summed E-state index contributed by atoms with van der Waals surface area (Å²) in [5, 5.41) is 10.9. The maximum Gasteiger partial charge on any atom is 0.179 e. The average Bonchev–Trinajstić information content (AvgIpc) is 2.72. The van der Waals surface area contributed by atoms with Crippen molar-refractivity contribution in [2.24, 2.45) is 5.73 Å². The minimum absolute atomic E-state index is 0.00954. The first-order valence-electron chi connectivity index (χ1n) is 9.05. The molecule has 4 rings (SSSR count). The van der Waals surface area contributed by atoms with Gasteiger partial charge in [-0.3, -0.25) is 4.98 Å². The van der Waals surface area contributed by atoms with Crippen molar-refractivity contribution >= 4 is 40.3 Å². The van der Waals surface area contributed by atoms with Crippen LogP contribution >= 0.6 is 23.4 Å². The SMILES string of the molecule is Cc1nccc(Sc2ccc3nc(N4CCC(N)(CO)CC4)cnc3n2)c1Cl. The molecule has 0 radical (unpaired) electrons. The molecule has 1 aliphatic rings. The first kappa shape index (κ1) is 19.3. The molecule has 0 aliphatic carbocycles. The van der Waals surface area contributed by atoms with Crippen molar-refractivity contribution in [1.29, 1.82) is 0 Å².